The highest BCUT2D eigenvalue weighted by Gasteiger charge is 2.38. The minimum absolute atomic E-state index is 0.0826. The molecular weight excluding hydrogens is 315 g/mol. The molecule has 9 heteroatoms. The van der Waals surface area contributed by atoms with Crippen molar-refractivity contribution in [3.8, 4) is 17.2 Å². The molecule has 3 rings (SSSR count). The molecule has 118 valence electrons. The summed E-state index contributed by atoms with van der Waals surface area (Å²) in [5.74, 6) is -2.43. The van der Waals surface area contributed by atoms with Crippen LogP contribution in [-0.4, -0.2) is 27.2 Å². The van der Waals surface area contributed by atoms with Crippen molar-refractivity contribution in [3.05, 3.63) is 36.7 Å². The zero-order chi connectivity index (χ0) is 16.6. The third kappa shape index (κ3) is 2.93. The first-order chi connectivity index (χ1) is 10.8. The van der Waals surface area contributed by atoms with E-state index in [9.17, 15) is 23.1 Å². The SMILES string of the molecule is O=C(Nc1ccc(-c2nc3cnccc3o2)c(O)c1)C(F)(F)F. The van der Waals surface area contributed by atoms with Crippen molar-refractivity contribution >= 4 is 22.7 Å². The lowest BCUT2D eigenvalue weighted by molar-refractivity contribution is -0.167. The molecule has 0 atom stereocenters. The lowest BCUT2D eigenvalue weighted by Gasteiger charge is -2.09. The molecule has 0 saturated carbocycles. The Morgan fingerprint density at radius 3 is 2.70 bits per heavy atom. The van der Waals surface area contributed by atoms with Crippen molar-refractivity contribution < 1.29 is 27.5 Å². The Balaban J connectivity index is 1.91. The van der Waals surface area contributed by atoms with Crippen LogP contribution in [0.2, 0.25) is 0 Å². The molecule has 0 aliphatic heterocycles. The minimum Gasteiger partial charge on any atom is -0.507 e. The van der Waals surface area contributed by atoms with Gasteiger partial charge in [-0.05, 0) is 12.1 Å². The molecule has 0 saturated heterocycles. The maximum absolute atomic E-state index is 12.2. The van der Waals surface area contributed by atoms with Crippen LogP contribution in [-0.2, 0) is 4.79 Å². The van der Waals surface area contributed by atoms with E-state index in [1.54, 1.807) is 11.4 Å². The van der Waals surface area contributed by atoms with Crippen molar-refractivity contribution in [1.29, 1.82) is 0 Å². The highest BCUT2D eigenvalue weighted by Crippen LogP contribution is 2.33. The van der Waals surface area contributed by atoms with E-state index in [-0.39, 0.29) is 22.9 Å². The molecule has 2 N–H and O–H groups in total. The molecule has 0 bridgehead atoms. The molecule has 6 nitrogen and oxygen atoms in total. The number of oxazole rings is 1. The summed E-state index contributed by atoms with van der Waals surface area (Å²) in [5, 5.41) is 11.6. The smallest absolute Gasteiger partial charge is 0.471 e. The maximum Gasteiger partial charge on any atom is 0.471 e. The normalized spacial score (nSPS) is 11.6. The van der Waals surface area contributed by atoms with Crippen LogP contribution in [0.15, 0.2) is 41.1 Å². The zero-order valence-corrected chi connectivity index (χ0v) is 11.3. The number of fused-ring (bicyclic) bond motifs is 1. The molecule has 1 aromatic carbocycles. The Morgan fingerprint density at radius 2 is 2.04 bits per heavy atom. The van der Waals surface area contributed by atoms with Gasteiger partial charge in [-0.2, -0.15) is 13.2 Å². The Bertz CT molecular complexity index is 857. The average molecular weight is 323 g/mol. The van der Waals surface area contributed by atoms with Crippen molar-refractivity contribution in [2.45, 2.75) is 6.18 Å². The lowest BCUT2D eigenvalue weighted by atomic mass is 10.2. The summed E-state index contributed by atoms with van der Waals surface area (Å²) >= 11 is 0. The van der Waals surface area contributed by atoms with Crippen LogP contribution in [0.25, 0.3) is 22.6 Å². The lowest BCUT2D eigenvalue weighted by Crippen LogP contribution is -2.29. The first kappa shape index (κ1) is 14.8. The summed E-state index contributed by atoms with van der Waals surface area (Å²) in [5.41, 5.74) is 0.887. The van der Waals surface area contributed by atoms with Gasteiger partial charge in [-0.1, -0.05) is 0 Å². The van der Waals surface area contributed by atoms with Gasteiger partial charge >= 0.3 is 12.1 Å². The Hall–Kier alpha value is -3.10. The van der Waals surface area contributed by atoms with Crippen molar-refractivity contribution in [1.82, 2.24) is 9.97 Å². The summed E-state index contributed by atoms with van der Waals surface area (Å²) in [7, 11) is 0. The number of anilines is 1. The number of nitrogens with one attached hydrogen (secondary N) is 1. The highest BCUT2D eigenvalue weighted by atomic mass is 19.4. The summed E-state index contributed by atoms with van der Waals surface area (Å²) in [6.45, 7) is 0. The molecule has 0 radical (unpaired) electrons. The van der Waals surface area contributed by atoms with E-state index in [1.165, 1.54) is 24.5 Å². The molecule has 0 aliphatic rings. The first-order valence-corrected chi connectivity index (χ1v) is 6.27. The topological polar surface area (TPSA) is 88.3 Å². The van der Waals surface area contributed by atoms with Crippen molar-refractivity contribution in [3.63, 3.8) is 0 Å². The summed E-state index contributed by atoms with van der Waals surface area (Å²) in [6, 6.07) is 5.05. The van der Waals surface area contributed by atoms with Crippen molar-refractivity contribution in [2.24, 2.45) is 0 Å². The van der Waals surface area contributed by atoms with E-state index >= 15 is 0 Å². The molecule has 0 fully saturated rings. The number of amides is 1. The number of halogens is 3. The Kier molecular flexibility index (Phi) is 3.40. The second-order valence-corrected chi connectivity index (χ2v) is 4.55. The molecule has 23 heavy (non-hydrogen) atoms. The maximum atomic E-state index is 12.2. The molecule has 0 spiro atoms. The predicted octanol–water partition coefficient (Wildman–Crippen LogP) is 3.10. The number of phenols is 1. The van der Waals surface area contributed by atoms with Crippen LogP contribution in [0.5, 0.6) is 5.75 Å². The van der Waals surface area contributed by atoms with Gasteiger partial charge in [0.15, 0.2) is 5.58 Å². The van der Waals surface area contributed by atoms with E-state index < -0.39 is 12.1 Å². The quantitative estimate of drug-likeness (QED) is 0.756. The molecule has 2 heterocycles. The summed E-state index contributed by atoms with van der Waals surface area (Å²) in [6.07, 6.45) is -2.04. The Morgan fingerprint density at radius 1 is 1.26 bits per heavy atom. The van der Waals surface area contributed by atoms with Crippen LogP contribution in [0.1, 0.15) is 0 Å². The van der Waals surface area contributed by atoms with Gasteiger partial charge in [0.1, 0.15) is 11.3 Å². The number of hydrogen-bond donors (Lipinski definition) is 2. The zero-order valence-electron chi connectivity index (χ0n) is 11.3. The number of carbonyl (C=O) groups is 1. The van der Waals surface area contributed by atoms with Crippen molar-refractivity contribution in [2.75, 3.05) is 5.32 Å². The van der Waals surface area contributed by atoms with Gasteiger partial charge in [0.2, 0.25) is 5.89 Å². The fourth-order valence-corrected chi connectivity index (χ4v) is 1.89. The second kappa shape index (κ2) is 5.27. The van der Waals surface area contributed by atoms with E-state index in [2.05, 4.69) is 9.97 Å². The number of carbonyl (C=O) groups excluding carboxylic acids is 1. The van der Waals surface area contributed by atoms with E-state index in [0.29, 0.717) is 11.1 Å². The fourth-order valence-electron chi connectivity index (χ4n) is 1.89. The van der Waals surface area contributed by atoms with Crippen LogP contribution in [0.3, 0.4) is 0 Å². The number of benzene rings is 1. The largest absolute Gasteiger partial charge is 0.507 e. The summed E-state index contributed by atoms with van der Waals surface area (Å²) < 4.78 is 42.0. The molecular formula is C14H8F3N3O3. The number of phenolic OH excluding ortho intramolecular Hbond substituents is 1. The molecule has 1 amide bonds. The molecule has 0 aliphatic carbocycles. The Labute approximate surface area is 126 Å². The van der Waals surface area contributed by atoms with Gasteiger partial charge in [-0.15, -0.1) is 0 Å². The number of rotatable bonds is 2. The van der Waals surface area contributed by atoms with Crippen LogP contribution < -0.4 is 5.32 Å². The van der Waals surface area contributed by atoms with E-state index in [0.717, 1.165) is 6.07 Å². The number of hydrogen-bond acceptors (Lipinski definition) is 5. The molecule has 3 aromatic rings. The van der Waals surface area contributed by atoms with E-state index in [4.69, 9.17) is 4.42 Å². The highest BCUT2D eigenvalue weighted by molar-refractivity contribution is 5.95. The van der Waals surface area contributed by atoms with E-state index in [1.807, 2.05) is 0 Å². The van der Waals surface area contributed by atoms with Gasteiger partial charge in [0, 0.05) is 24.0 Å². The predicted molar refractivity (Wildman–Crippen MR) is 73.6 cm³/mol. The van der Waals surface area contributed by atoms with Gasteiger partial charge in [-0.25, -0.2) is 4.98 Å². The van der Waals surface area contributed by atoms with Gasteiger partial charge < -0.3 is 14.8 Å². The van der Waals surface area contributed by atoms with Crippen LogP contribution in [0, 0.1) is 0 Å². The fraction of sp³-hybridized carbons (Fsp3) is 0.0714. The van der Waals surface area contributed by atoms with Gasteiger partial charge in [-0.3, -0.25) is 9.78 Å². The first-order valence-electron chi connectivity index (χ1n) is 6.27. The van der Waals surface area contributed by atoms with Crippen LogP contribution >= 0.6 is 0 Å². The number of aromatic nitrogens is 2. The molecule has 2 aromatic heterocycles. The van der Waals surface area contributed by atoms with Gasteiger partial charge in [0.05, 0.1) is 11.8 Å². The number of aromatic hydroxyl groups is 1. The third-order valence-electron chi connectivity index (χ3n) is 2.93. The van der Waals surface area contributed by atoms with Crippen LogP contribution in [0.4, 0.5) is 18.9 Å². The number of nitrogens with zero attached hydrogens (tertiary/aromatic N) is 2. The third-order valence-corrected chi connectivity index (χ3v) is 2.93. The average Bonchev–Trinajstić information content (AvgIpc) is 2.89. The second-order valence-electron chi connectivity index (χ2n) is 4.55. The molecule has 0 unspecified atom stereocenters. The summed E-state index contributed by atoms with van der Waals surface area (Å²) in [4.78, 5) is 18.9. The standard InChI is InChI=1S/C14H8F3N3O3/c15-14(16,17)13(22)19-7-1-2-8(10(21)5-7)12-20-9-6-18-4-3-11(9)23-12/h1-6,21H,(H,19,22). The number of pyridine rings is 1. The van der Waals surface area contributed by atoms with Gasteiger partial charge in [0.25, 0.3) is 0 Å². The monoisotopic (exact) mass is 323 g/mol. The number of alkyl halides is 3. The minimum atomic E-state index is -5.01.